The van der Waals surface area contributed by atoms with E-state index < -0.39 is 10.0 Å². The predicted octanol–water partition coefficient (Wildman–Crippen LogP) is 2.95. The number of hydrogen-bond donors (Lipinski definition) is 0. The van der Waals surface area contributed by atoms with Crippen LogP contribution in [0.3, 0.4) is 0 Å². The molecule has 2 heterocycles. The number of anilines is 1. The van der Waals surface area contributed by atoms with E-state index in [0.717, 1.165) is 11.3 Å². The van der Waals surface area contributed by atoms with Gasteiger partial charge in [-0.3, -0.25) is 9.10 Å². The number of rotatable bonds is 4. The average molecular weight is 364 g/mol. The van der Waals surface area contributed by atoms with Gasteiger partial charge in [0.2, 0.25) is 10.0 Å². The molecule has 0 bridgehead atoms. The highest BCUT2D eigenvalue weighted by atomic mass is 32.2. The molecule has 1 saturated heterocycles. The SMILES string of the molecule is CN(Cc1cccs1)C(=O)c1ccc(N2CCCCS2(=O)=O)cc1. The van der Waals surface area contributed by atoms with E-state index >= 15 is 0 Å². The second-order valence-electron chi connectivity index (χ2n) is 5.88. The summed E-state index contributed by atoms with van der Waals surface area (Å²) in [6.07, 6.45) is 1.58. The zero-order valence-corrected chi connectivity index (χ0v) is 15.1. The molecule has 7 heteroatoms. The molecule has 0 atom stereocenters. The van der Waals surface area contributed by atoms with Crippen molar-refractivity contribution in [3.8, 4) is 0 Å². The molecule has 1 amide bonds. The molecule has 1 aromatic carbocycles. The number of nitrogens with zero attached hydrogens (tertiary/aromatic N) is 2. The number of carbonyl (C=O) groups excluding carboxylic acids is 1. The first-order valence-electron chi connectivity index (χ1n) is 7.86. The van der Waals surface area contributed by atoms with E-state index in [1.165, 1.54) is 4.31 Å². The van der Waals surface area contributed by atoms with Crippen LogP contribution in [0.15, 0.2) is 41.8 Å². The van der Waals surface area contributed by atoms with Gasteiger partial charge in [-0.05, 0) is 48.6 Å². The van der Waals surface area contributed by atoms with Crippen molar-refractivity contribution in [2.45, 2.75) is 19.4 Å². The van der Waals surface area contributed by atoms with Crippen molar-refractivity contribution in [2.24, 2.45) is 0 Å². The first-order valence-corrected chi connectivity index (χ1v) is 10.3. The summed E-state index contributed by atoms with van der Waals surface area (Å²) in [5, 5.41) is 1.99. The number of benzene rings is 1. The maximum Gasteiger partial charge on any atom is 0.253 e. The fourth-order valence-electron chi connectivity index (χ4n) is 2.78. The Morgan fingerprint density at radius 3 is 2.58 bits per heavy atom. The van der Waals surface area contributed by atoms with E-state index in [1.54, 1.807) is 47.5 Å². The largest absolute Gasteiger partial charge is 0.337 e. The molecule has 0 saturated carbocycles. The third-order valence-electron chi connectivity index (χ3n) is 4.07. The van der Waals surface area contributed by atoms with Gasteiger partial charge in [0.15, 0.2) is 0 Å². The minimum absolute atomic E-state index is 0.0727. The van der Waals surface area contributed by atoms with Gasteiger partial charge in [0.25, 0.3) is 5.91 Å². The lowest BCUT2D eigenvalue weighted by atomic mass is 10.1. The molecule has 3 rings (SSSR count). The van der Waals surface area contributed by atoms with Gasteiger partial charge in [-0.15, -0.1) is 11.3 Å². The quantitative estimate of drug-likeness (QED) is 0.838. The number of amides is 1. The van der Waals surface area contributed by atoms with Gasteiger partial charge in [0, 0.05) is 24.0 Å². The van der Waals surface area contributed by atoms with Gasteiger partial charge in [-0.2, -0.15) is 0 Å². The van der Waals surface area contributed by atoms with E-state index in [2.05, 4.69) is 0 Å². The Morgan fingerprint density at radius 2 is 1.96 bits per heavy atom. The van der Waals surface area contributed by atoms with Gasteiger partial charge in [0.05, 0.1) is 18.0 Å². The molecule has 0 radical (unpaired) electrons. The average Bonchev–Trinajstić information content (AvgIpc) is 3.07. The summed E-state index contributed by atoms with van der Waals surface area (Å²) in [6.45, 7) is 1.08. The van der Waals surface area contributed by atoms with Crippen LogP contribution in [0.1, 0.15) is 28.1 Å². The Balaban J connectivity index is 1.73. The highest BCUT2D eigenvalue weighted by molar-refractivity contribution is 7.92. The van der Waals surface area contributed by atoms with E-state index in [1.807, 2.05) is 17.5 Å². The first-order chi connectivity index (χ1) is 11.5. The van der Waals surface area contributed by atoms with E-state index in [4.69, 9.17) is 0 Å². The normalized spacial score (nSPS) is 16.8. The van der Waals surface area contributed by atoms with Crippen LogP contribution in [0.25, 0.3) is 0 Å². The fourth-order valence-corrected chi connectivity index (χ4v) is 5.17. The van der Waals surface area contributed by atoms with Gasteiger partial charge in [0.1, 0.15) is 0 Å². The molecule has 0 aliphatic carbocycles. The summed E-state index contributed by atoms with van der Waals surface area (Å²) < 4.78 is 25.7. The van der Waals surface area contributed by atoms with Crippen LogP contribution in [-0.4, -0.2) is 38.6 Å². The summed E-state index contributed by atoms with van der Waals surface area (Å²) in [4.78, 5) is 15.3. The zero-order chi connectivity index (χ0) is 17.2. The molecule has 1 aromatic heterocycles. The summed E-state index contributed by atoms with van der Waals surface area (Å²) in [7, 11) is -1.45. The van der Waals surface area contributed by atoms with Crippen LogP contribution in [0.5, 0.6) is 0 Å². The summed E-state index contributed by atoms with van der Waals surface area (Å²) >= 11 is 1.62. The van der Waals surface area contributed by atoms with Crippen molar-refractivity contribution in [1.82, 2.24) is 4.90 Å². The number of thiophene rings is 1. The summed E-state index contributed by atoms with van der Waals surface area (Å²) in [5.74, 6) is 0.119. The van der Waals surface area contributed by atoms with Gasteiger partial charge in [-0.1, -0.05) is 6.07 Å². The van der Waals surface area contributed by atoms with Crippen LogP contribution in [0, 0.1) is 0 Å². The summed E-state index contributed by atoms with van der Waals surface area (Å²) in [6, 6.07) is 10.8. The zero-order valence-electron chi connectivity index (χ0n) is 13.5. The molecule has 0 spiro atoms. The minimum atomic E-state index is -3.22. The summed E-state index contributed by atoms with van der Waals surface area (Å²) in [5.41, 5.74) is 1.19. The highest BCUT2D eigenvalue weighted by Gasteiger charge is 2.26. The van der Waals surface area contributed by atoms with E-state index in [-0.39, 0.29) is 11.7 Å². The molecule has 1 fully saturated rings. The Hall–Kier alpha value is -1.86. The molecular weight excluding hydrogens is 344 g/mol. The van der Waals surface area contributed by atoms with Crippen LogP contribution in [0.2, 0.25) is 0 Å². The lowest BCUT2D eigenvalue weighted by molar-refractivity contribution is 0.0786. The van der Waals surface area contributed by atoms with Gasteiger partial charge in [-0.25, -0.2) is 8.42 Å². The maximum atomic E-state index is 12.5. The molecule has 128 valence electrons. The molecule has 24 heavy (non-hydrogen) atoms. The molecule has 1 aliphatic heterocycles. The van der Waals surface area contributed by atoms with E-state index in [9.17, 15) is 13.2 Å². The monoisotopic (exact) mass is 364 g/mol. The fraction of sp³-hybridized carbons (Fsp3) is 0.353. The third-order valence-corrected chi connectivity index (χ3v) is 6.80. The number of hydrogen-bond acceptors (Lipinski definition) is 4. The number of sulfonamides is 1. The number of carbonyl (C=O) groups is 1. The Bertz CT molecular complexity index is 799. The van der Waals surface area contributed by atoms with Crippen LogP contribution in [0.4, 0.5) is 5.69 Å². The Labute approximate surface area is 146 Å². The highest BCUT2D eigenvalue weighted by Crippen LogP contribution is 2.24. The van der Waals surface area contributed by atoms with Crippen LogP contribution < -0.4 is 4.31 Å². The lowest BCUT2D eigenvalue weighted by Crippen LogP contribution is -2.37. The van der Waals surface area contributed by atoms with Crippen molar-refractivity contribution in [2.75, 3.05) is 23.7 Å². The molecule has 5 nitrogen and oxygen atoms in total. The van der Waals surface area contributed by atoms with Crippen molar-refractivity contribution in [3.63, 3.8) is 0 Å². The van der Waals surface area contributed by atoms with Crippen molar-refractivity contribution >= 4 is 33.0 Å². The Kier molecular flexibility index (Phi) is 4.91. The molecule has 0 N–H and O–H groups in total. The second kappa shape index (κ2) is 6.94. The molecule has 1 aliphatic rings. The second-order valence-corrected chi connectivity index (χ2v) is 8.93. The van der Waals surface area contributed by atoms with Crippen LogP contribution in [-0.2, 0) is 16.6 Å². The predicted molar refractivity (Wildman–Crippen MR) is 96.9 cm³/mol. The van der Waals surface area contributed by atoms with Gasteiger partial charge >= 0.3 is 0 Å². The standard InChI is InChI=1S/C17H20N2O3S2/c1-18(13-16-5-4-11-23-16)17(20)14-6-8-15(9-7-14)19-10-2-3-12-24(19,21)22/h4-9,11H,2-3,10,12-13H2,1H3. The van der Waals surface area contributed by atoms with Gasteiger partial charge < -0.3 is 4.90 Å². The maximum absolute atomic E-state index is 12.5. The topological polar surface area (TPSA) is 57.7 Å². The minimum Gasteiger partial charge on any atom is -0.337 e. The molecule has 2 aromatic rings. The van der Waals surface area contributed by atoms with E-state index in [0.29, 0.717) is 30.8 Å². The third kappa shape index (κ3) is 3.62. The molecular formula is C17H20N2O3S2. The molecule has 0 unspecified atom stereocenters. The van der Waals surface area contributed by atoms with Crippen molar-refractivity contribution in [3.05, 3.63) is 52.2 Å². The Morgan fingerprint density at radius 1 is 1.21 bits per heavy atom. The first kappa shape index (κ1) is 17.0. The van der Waals surface area contributed by atoms with Crippen molar-refractivity contribution in [1.29, 1.82) is 0 Å². The lowest BCUT2D eigenvalue weighted by Gasteiger charge is -2.28. The van der Waals surface area contributed by atoms with Crippen molar-refractivity contribution < 1.29 is 13.2 Å². The smallest absolute Gasteiger partial charge is 0.253 e. The van der Waals surface area contributed by atoms with Crippen LogP contribution >= 0.6 is 11.3 Å².